The van der Waals surface area contributed by atoms with Crippen LogP contribution in [0, 0.1) is 0 Å². The molecule has 2 N–H and O–H groups in total. The number of fused-ring (bicyclic) bond motifs is 1. The number of ether oxygens (including phenoxy) is 2. The number of hydrogen-bond acceptors (Lipinski definition) is 4. The zero-order valence-corrected chi connectivity index (χ0v) is 13.8. The molecule has 1 aromatic heterocycles. The lowest BCUT2D eigenvalue weighted by molar-refractivity contribution is 0.297. The summed E-state index contributed by atoms with van der Waals surface area (Å²) in [4.78, 5) is 8.56. The average Bonchev–Trinajstić information content (AvgIpc) is 2.86. The molecule has 2 heterocycles. The summed E-state index contributed by atoms with van der Waals surface area (Å²) in [5.41, 5.74) is 1.96. The van der Waals surface area contributed by atoms with Gasteiger partial charge in [0.25, 0.3) is 0 Å². The fourth-order valence-corrected chi connectivity index (χ4v) is 2.41. The van der Waals surface area contributed by atoms with Crippen molar-refractivity contribution < 1.29 is 9.47 Å². The van der Waals surface area contributed by atoms with Gasteiger partial charge in [0, 0.05) is 50.1 Å². The molecule has 0 spiro atoms. The predicted octanol–water partition coefficient (Wildman–Crippen LogP) is 2.47. The topological polar surface area (TPSA) is 67.8 Å². The number of guanidine groups is 1. The monoisotopic (exact) mass is 326 g/mol. The summed E-state index contributed by atoms with van der Waals surface area (Å²) in [6, 6.07) is 11.7. The summed E-state index contributed by atoms with van der Waals surface area (Å²) in [6.45, 7) is 2.12. The molecule has 1 aliphatic heterocycles. The first-order valence-electron chi connectivity index (χ1n) is 8.12. The van der Waals surface area contributed by atoms with Crippen molar-refractivity contribution in [2.24, 2.45) is 4.99 Å². The second-order valence-corrected chi connectivity index (χ2v) is 5.41. The van der Waals surface area contributed by atoms with Crippen LogP contribution >= 0.6 is 0 Å². The lowest BCUT2D eigenvalue weighted by Crippen LogP contribution is -2.32. The first kappa shape index (κ1) is 16.1. The van der Waals surface area contributed by atoms with E-state index in [1.807, 2.05) is 36.4 Å². The van der Waals surface area contributed by atoms with E-state index in [2.05, 4.69) is 20.6 Å². The van der Waals surface area contributed by atoms with Crippen LogP contribution < -0.4 is 20.1 Å². The third-order valence-electron chi connectivity index (χ3n) is 3.63. The van der Waals surface area contributed by atoms with E-state index in [0.717, 1.165) is 42.3 Å². The molecule has 0 radical (unpaired) electrons. The molecule has 0 fully saturated rings. The second kappa shape index (κ2) is 8.19. The van der Waals surface area contributed by atoms with Crippen molar-refractivity contribution in [1.29, 1.82) is 0 Å². The fourth-order valence-electron chi connectivity index (χ4n) is 2.41. The predicted molar refractivity (Wildman–Crippen MR) is 95.0 cm³/mol. The Balaban J connectivity index is 1.56. The van der Waals surface area contributed by atoms with Gasteiger partial charge >= 0.3 is 0 Å². The molecule has 6 heteroatoms. The Morgan fingerprint density at radius 3 is 2.83 bits per heavy atom. The Morgan fingerprint density at radius 2 is 2.04 bits per heavy atom. The van der Waals surface area contributed by atoms with Gasteiger partial charge in [0.15, 0.2) is 17.5 Å². The summed E-state index contributed by atoms with van der Waals surface area (Å²) in [7, 11) is 1.75. The number of aliphatic imine (C=N–C) groups is 1. The smallest absolute Gasteiger partial charge is 0.195 e. The number of aromatic nitrogens is 1. The lowest BCUT2D eigenvalue weighted by Gasteiger charge is -2.14. The molecule has 0 amide bonds. The number of hydrogen-bond donors (Lipinski definition) is 2. The van der Waals surface area contributed by atoms with Crippen LogP contribution in [0.3, 0.4) is 0 Å². The minimum atomic E-state index is 0.674. The number of nitrogens with one attached hydrogen (secondary N) is 2. The SMILES string of the molecule is CN=C(NCCc1ccccn1)Nc1ccc2c(c1)OCCCO2. The van der Waals surface area contributed by atoms with Crippen LogP contribution in [0.4, 0.5) is 5.69 Å². The largest absolute Gasteiger partial charge is 0.490 e. The second-order valence-electron chi connectivity index (χ2n) is 5.41. The zero-order valence-electron chi connectivity index (χ0n) is 13.8. The molecule has 1 aromatic carbocycles. The van der Waals surface area contributed by atoms with Gasteiger partial charge in [-0.25, -0.2) is 0 Å². The first-order valence-corrected chi connectivity index (χ1v) is 8.12. The summed E-state index contributed by atoms with van der Waals surface area (Å²) in [6.07, 6.45) is 3.54. The van der Waals surface area contributed by atoms with Gasteiger partial charge in [-0.1, -0.05) is 6.07 Å². The van der Waals surface area contributed by atoms with Gasteiger partial charge in [-0.05, 0) is 24.3 Å². The maximum Gasteiger partial charge on any atom is 0.195 e. The molecule has 6 nitrogen and oxygen atoms in total. The summed E-state index contributed by atoms with van der Waals surface area (Å²) >= 11 is 0. The van der Waals surface area contributed by atoms with E-state index < -0.39 is 0 Å². The molecule has 0 saturated carbocycles. The Kier molecular flexibility index (Phi) is 5.50. The molecular formula is C18H22N4O2. The van der Waals surface area contributed by atoms with Crippen molar-refractivity contribution in [3.8, 4) is 11.5 Å². The zero-order chi connectivity index (χ0) is 16.6. The molecule has 1 aliphatic rings. The molecule has 2 aromatic rings. The highest BCUT2D eigenvalue weighted by Gasteiger charge is 2.11. The molecule has 0 bridgehead atoms. The number of anilines is 1. The lowest BCUT2D eigenvalue weighted by atomic mass is 10.2. The van der Waals surface area contributed by atoms with Gasteiger partial charge in [0.2, 0.25) is 0 Å². The summed E-state index contributed by atoms with van der Waals surface area (Å²) < 4.78 is 11.4. The number of rotatable bonds is 4. The normalized spacial score (nSPS) is 14.0. The number of nitrogens with zero attached hydrogens (tertiary/aromatic N) is 2. The molecule has 0 atom stereocenters. The molecule has 3 rings (SSSR count). The van der Waals surface area contributed by atoms with Crippen LogP contribution in [0.5, 0.6) is 11.5 Å². The van der Waals surface area contributed by atoms with Crippen LogP contribution in [-0.2, 0) is 6.42 Å². The third-order valence-corrected chi connectivity index (χ3v) is 3.63. The van der Waals surface area contributed by atoms with E-state index >= 15 is 0 Å². The van der Waals surface area contributed by atoms with Gasteiger partial charge in [0.05, 0.1) is 13.2 Å². The van der Waals surface area contributed by atoms with Crippen LogP contribution in [0.1, 0.15) is 12.1 Å². The number of pyridine rings is 1. The Bertz CT molecular complexity index is 689. The Hall–Kier alpha value is -2.76. The van der Waals surface area contributed by atoms with E-state index in [1.165, 1.54) is 0 Å². The van der Waals surface area contributed by atoms with E-state index in [9.17, 15) is 0 Å². The maximum atomic E-state index is 5.71. The Morgan fingerprint density at radius 1 is 1.17 bits per heavy atom. The maximum absolute atomic E-state index is 5.71. The van der Waals surface area contributed by atoms with E-state index in [4.69, 9.17) is 9.47 Å². The van der Waals surface area contributed by atoms with Crippen LogP contribution in [0.15, 0.2) is 47.6 Å². The van der Waals surface area contributed by atoms with E-state index in [0.29, 0.717) is 19.2 Å². The minimum absolute atomic E-state index is 0.674. The Labute approximate surface area is 141 Å². The van der Waals surface area contributed by atoms with Crippen LogP contribution in [0.2, 0.25) is 0 Å². The molecule has 0 unspecified atom stereocenters. The van der Waals surface area contributed by atoms with Gasteiger partial charge in [-0.3, -0.25) is 9.98 Å². The fraction of sp³-hybridized carbons (Fsp3) is 0.333. The van der Waals surface area contributed by atoms with Gasteiger partial charge < -0.3 is 20.1 Å². The van der Waals surface area contributed by atoms with Crippen molar-refractivity contribution in [2.45, 2.75) is 12.8 Å². The summed E-state index contributed by atoms with van der Waals surface area (Å²) in [5.74, 6) is 2.26. The quantitative estimate of drug-likeness (QED) is 0.667. The molecule has 0 aliphatic carbocycles. The standard InChI is InChI=1S/C18H22N4O2/c1-19-18(21-10-8-14-5-2-3-9-20-14)22-15-6-7-16-17(13-15)24-12-4-11-23-16/h2-3,5-7,9,13H,4,8,10-12H2,1H3,(H2,19,21,22). The van der Waals surface area contributed by atoms with Gasteiger partial charge in [-0.15, -0.1) is 0 Å². The van der Waals surface area contributed by atoms with Gasteiger partial charge in [-0.2, -0.15) is 0 Å². The van der Waals surface area contributed by atoms with Crippen molar-refractivity contribution in [1.82, 2.24) is 10.3 Å². The van der Waals surface area contributed by atoms with Crippen molar-refractivity contribution in [3.63, 3.8) is 0 Å². The minimum Gasteiger partial charge on any atom is -0.490 e. The van der Waals surface area contributed by atoms with Crippen LogP contribution in [0.25, 0.3) is 0 Å². The molecule has 126 valence electrons. The highest BCUT2D eigenvalue weighted by atomic mass is 16.5. The van der Waals surface area contributed by atoms with Crippen LogP contribution in [-0.4, -0.2) is 37.7 Å². The van der Waals surface area contributed by atoms with E-state index in [-0.39, 0.29) is 0 Å². The number of benzene rings is 1. The summed E-state index contributed by atoms with van der Waals surface area (Å²) in [5, 5.41) is 6.55. The first-order chi connectivity index (χ1) is 11.8. The van der Waals surface area contributed by atoms with E-state index in [1.54, 1.807) is 13.2 Å². The third kappa shape index (κ3) is 4.38. The average molecular weight is 326 g/mol. The molecular weight excluding hydrogens is 304 g/mol. The highest BCUT2D eigenvalue weighted by Crippen LogP contribution is 2.32. The van der Waals surface area contributed by atoms with Crippen molar-refractivity contribution in [3.05, 3.63) is 48.3 Å². The van der Waals surface area contributed by atoms with Crippen molar-refractivity contribution in [2.75, 3.05) is 32.1 Å². The van der Waals surface area contributed by atoms with Crippen molar-refractivity contribution >= 4 is 11.6 Å². The highest BCUT2D eigenvalue weighted by molar-refractivity contribution is 5.93. The molecule has 24 heavy (non-hydrogen) atoms. The molecule has 0 saturated heterocycles. The van der Waals surface area contributed by atoms with Gasteiger partial charge in [0.1, 0.15) is 0 Å².